The van der Waals surface area contributed by atoms with E-state index in [-0.39, 0.29) is 11.9 Å². The zero-order valence-corrected chi connectivity index (χ0v) is 12.9. The summed E-state index contributed by atoms with van der Waals surface area (Å²) < 4.78 is 7.66. The van der Waals surface area contributed by atoms with Gasteiger partial charge in [0.1, 0.15) is 0 Å². The van der Waals surface area contributed by atoms with Crippen molar-refractivity contribution in [3.63, 3.8) is 0 Å². The van der Waals surface area contributed by atoms with Crippen LogP contribution in [0.25, 0.3) is 10.9 Å². The summed E-state index contributed by atoms with van der Waals surface area (Å²) in [5.41, 5.74) is 2.52. The molecule has 23 heavy (non-hydrogen) atoms. The molecule has 2 aromatic heterocycles. The van der Waals surface area contributed by atoms with Crippen molar-refractivity contribution in [2.75, 3.05) is 19.8 Å². The number of carbonyl (C=O) groups excluding carboxylic acids is 1. The van der Waals surface area contributed by atoms with E-state index in [1.54, 1.807) is 6.20 Å². The molecule has 4 rings (SSSR count). The lowest BCUT2D eigenvalue weighted by atomic mass is 10.1. The first kappa shape index (κ1) is 14.0. The summed E-state index contributed by atoms with van der Waals surface area (Å²) in [4.78, 5) is 15.0. The number of benzene rings is 1. The summed E-state index contributed by atoms with van der Waals surface area (Å²) >= 11 is 0. The lowest BCUT2D eigenvalue weighted by Gasteiger charge is -2.36. The van der Waals surface area contributed by atoms with Gasteiger partial charge in [0, 0.05) is 30.9 Å². The summed E-state index contributed by atoms with van der Waals surface area (Å²) in [7, 11) is 1.99. The number of aromatic nitrogens is 3. The van der Waals surface area contributed by atoms with Crippen LogP contribution < -0.4 is 0 Å². The number of carbonyl (C=O) groups is 1. The van der Waals surface area contributed by atoms with Crippen LogP contribution >= 0.6 is 0 Å². The smallest absolute Gasteiger partial charge is 0.256 e. The SMILES string of the molecule is Cn1cccc1[C@H]1COCCN1C(=O)c1cccc2cn[nH]c12. The van der Waals surface area contributed by atoms with Crippen LogP contribution in [0, 0.1) is 0 Å². The van der Waals surface area contributed by atoms with Crippen molar-refractivity contribution in [3.05, 3.63) is 54.0 Å². The summed E-state index contributed by atoms with van der Waals surface area (Å²) in [6.45, 7) is 1.66. The Hall–Kier alpha value is -2.60. The predicted octanol–water partition coefficient (Wildman–Crippen LogP) is 2.12. The highest BCUT2D eigenvalue weighted by atomic mass is 16.5. The number of hydrogen-bond donors (Lipinski definition) is 1. The van der Waals surface area contributed by atoms with E-state index < -0.39 is 0 Å². The van der Waals surface area contributed by atoms with E-state index in [0.29, 0.717) is 25.3 Å². The number of aryl methyl sites for hydroxylation is 1. The van der Waals surface area contributed by atoms with Gasteiger partial charge in [-0.15, -0.1) is 0 Å². The number of morpholine rings is 1. The molecule has 1 fully saturated rings. The molecule has 3 heterocycles. The van der Waals surface area contributed by atoms with Crippen molar-refractivity contribution >= 4 is 16.8 Å². The van der Waals surface area contributed by atoms with Gasteiger partial charge in [-0.3, -0.25) is 9.89 Å². The Morgan fingerprint density at radius 1 is 1.35 bits per heavy atom. The molecule has 1 amide bonds. The third kappa shape index (κ3) is 2.31. The fourth-order valence-corrected chi connectivity index (χ4v) is 3.21. The number of nitrogens with zero attached hydrogens (tertiary/aromatic N) is 3. The molecule has 1 N–H and O–H groups in total. The Morgan fingerprint density at radius 3 is 3.09 bits per heavy atom. The standard InChI is InChI=1S/C17H18N4O2/c1-20-7-3-6-14(20)15-11-23-9-8-21(15)17(22)13-5-2-4-12-10-18-19-16(12)13/h2-7,10,15H,8-9,11H2,1H3,(H,18,19)/t15-/m1/s1. The van der Waals surface area contributed by atoms with Crippen molar-refractivity contribution in [1.82, 2.24) is 19.7 Å². The molecule has 0 saturated carbocycles. The van der Waals surface area contributed by atoms with Crippen LogP contribution in [0.1, 0.15) is 22.1 Å². The first-order valence-electron chi connectivity index (χ1n) is 7.68. The second-order valence-corrected chi connectivity index (χ2v) is 5.77. The first-order chi connectivity index (χ1) is 11.3. The fraction of sp³-hybridized carbons (Fsp3) is 0.294. The van der Waals surface area contributed by atoms with E-state index >= 15 is 0 Å². The molecular formula is C17H18N4O2. The maximum atomic E-state index is 13.1. The van der Waals surface area contributed by atoms with Crippen molar-refractivity contribution in [2.45, 2.75) is 6.04 Å². The molecule has 6 heteroatoms. The highest BCUT2D eigenvalue weighted by Gasteiger charge is 2.31. The normalized spacial score (nSPS) is 18.5. The largest absolute Gasteiger partial charge is 0.377 e. The Bertz CT molecular complexity index is 851. The topological polar surface area (TPSA) is 63.1 Å². The molecule has 1 saturated heterocycles. The molecule has 1 aromatic carbocycles. The van der Waals surface area contributed by atoms with Crippen LogP contribution in [0.3, 0.4) is 0 Å². The zero-order chi connectivity index (χ0) is 15.8. The highest BCUT2D eigenvalue weighted by molar-refractivity contribution is 6.05. The van der Waals surface area contributed by atoms with Crippen LogP contribution in [0.15, 0.2) is 42.7 Å². The fourth-order valence-electron chi connectivity index (χ4n) is 3.21. The van der Waals surface area contributed by atoms with Gasteiger partial charge < -0.3 is 14.2 Å². The lowest BCUT2D eigenvalue weighted by Crippen LogP contribution is -2.44. The van der Waals surface area contributed by atoms with Gasteiger partial charge in [-0.2, -0.15) is 5.10 Å². The Labute approximate surface area is 133 Å². The van der Waals surface area contributed by atoms with Crippen LogP contribution in [0.2, 0.25) is 0 Å². The van der Waals surface area contributed by atoms with Crippen molar-refractivity contribution in [1.29, 1.82) is 0 Å². The van der Waals surface area contributed by atoms with E-state index in [9.17, 15) is 4.79 Å². The minimum atomic E-state index is -0.0746. The summed E-state index contributed by atoms with van der Waals surface area (Å²) in [6, 6.07) is 9.64. The molecule has 6 nitrogen and oxygen atoms in total. The van der Waals surface area contributed by atoms with Gasteiger partial charge in [0.15, 0.2) is 0 Å². The van der Waals surface area contributed by atoms with Gasteiger partial charge in [0.25, 0.3) is 5.91 Å². The number of para-hydroxylation sites is 1. The van der Waals surface area contributed by atoms with Gasteiger partial charge >= 0.3 is 0 Å². The van der Waals surface area contributed by atoms with Crippen molar-refractivity contribution in [3.8, 4) is 0 Å². The number of amides is 1. The molecule has 0 unspecified atom stereocenters. The monoisotopic (exact) mass is 310 g/mol. The number of rotatable bonds is 2. The minimum Gasteiger partial charge on any atom is -0.377 e. The molecule has 118 valence electrons. The van der Waals surface area contributed by atoms with E-state index in [4.69, 9.17) is 4.74 Å². The zero-order valence-electron chi connectivity index (χ0n) is 12.9. The average Bonchev–Trinajstić information content (AvgIpc) is 3.22. The molecule has 0 aliphatic carbocycles. The molecule has 0 spiro atoms. The maximum Gasteiger partial charge on any atom is 0.256 e. The Morgan fingerprint density at radius 2 is 2.26 bits per heavy atom. The van der Waals surface area contributed by atoms with Gasteiger partial charge in [0.05, 0.1) is 36.5 Å². The van der Waals surface area contributed by atoms with Gasteiger partial charge in [-0.1, -0.05) is 12.1 Å². The van der Waals surface area contributed by atoms with E-state index in [2.05, 4.69) is 10.2 Å². The molecule has 1 atom stereocenters. The molecule has 0 bridgehead atoms. The van der Waals surface area contributed by atoms with Gasteiger partial charge in [0.2, 0.25) is 0 Å². The third-order valence-electron chi connectivity index (χ3n) is 4.42. The summed E-state index contributed by atoms with van der Waals surface area (Å²) in [5.74, 6) is 0.00866. The van der Waals surface area contributed by atoms with Crippen LogP contribution in [-0.2, 0) is 11.8 Å². The number of ether oxygens (including phenoxy) is 1. The van der Waals surface area contributed by atoms with Crippen molar-refractivity contribution < 1.29 is 9.53 Å². The van der Waals surface area contributed by atoms with Gasteiger partial charge in [-0.05, 0) is 18.2 Å². The van der Waals surface area contributed by atoms with Gasteiger partial charge in [-0.25, -0.2) is 0 Å². The van der Waals surface area contributed by atoms with Crippen LogP contribution in [0.4, 0.5) is 0 Å². The number of H-pyrrole nitrogens is 1. The average molecular weight is 310 g/mol. The van der Waals surface area contributed by atoms with E-state index in [1.165, 1.54) is 0 Å². The highest BCUT2D eigenvalue weighted by Crippen LogP contribution is 2.27. The van der Waals surface area contributed by atoms with E-state index in [1.807, 2.05) is 53.0 Å². The number of hydrogen-bond acceptors (Lipinski definition) is 3. The predicted molar refractivity (Wildman–Crippen MR) is 86.1 cm³/mol. The molecule has 3 aromatic rings. The third-order valence-corrected chi connectivity index (χ3v) is 4.42. The lowest BCUT2D eigenvalue weighted by molar-refractivity contribution is -0.00453. The summed E-state index contributed by atoms with van der Waals surface area (Å²) in [6.07, 6.45) is 3.72. The number of nitrogens with one attached hydrogen (secondary N) is 1. The Balaban J connectivity index is 1.73. The first-order valence-corrected chi connectivity index (χ1v) is 7.68. The van der Waals surface area contributed by atoms with Crippen molar-refractivity contribution in [2.24, 2.45) is 7.05 Å². The quantitative estimate of drug-likeness (QED) is 0.788. The molecule has 1 aliphatic rings. The second kappa shape index (κ2) is 5.55. The van der Waals surface area contributed by atoms with Crippen LogP contribution in [-0.4, -0.2) is 45.3 Å². The summed E-state index contributed by atoms with van der Waals surface area (Å²) in [5, 5.41) is 7.93. The number of fused-ring (bicyclic) bond motifs is 1. The molecule has 1 aliphatic heterocycles. The van der Waals surface area contributed by atoms with E-state index in [0.717, 1.165) is 16.6 Å². The van der Waals surface area contributed by atoms with Crippen LogP contribution in [0.5, 0.6) is 0 Å². The Kier molecular flexibility index (Phi) is 3.38. The second-order valence-electron chi connectivity index (χ2n) is 5.77. The maximum absolute atomic E-state index is 13.1. The minimum absolute atomic E-state index is 0.00866. The number of aromatic amines is 1. The molecule has 0 radical (unpaired) electrons. The molecular weight excluding hydrogens is 292 g/mol.